The molecule has 8 heteroatoms. The van der Waals surface area contributed by atoms with Crippen molar-refractivity contribution in [2.45, 2.75) is 39.8 Å². The standard InChI is InChI=1S/C28H28FN7.C3H4.C2H6/c1-5-6-22(18-7-17(12-31-4)8-20(29)9-18)26-16(2)34-27(35-26)28(3)23-11-24(33-15-25(23)36-28)19-10-21(30)14-32-13-19;1-3-2;1-2/h5-11,13-15,31,36H,1,12,30H2,2-4H3,(H,34,35);1-2H2;1-2H3/b22-6-;;. The lowest BCUT2D eigenvalue weighted by molar-refractivity contribution is 0.571. The summed E-state index contributed by atoms with van der Waals surface area (Å²) < 4.78 is 14.5. The summed E-state index contributed by atoms with van der Waals surface area (Å²) in [6.07, 6.45) is 8.73. The Morgan fingerprint density at radius 1 is 1.15 bits per heavy atom. The normalized spacial score (nSPS) is 15.0. The van der Waals surface area contributed by atoms with Gasteiger partial charge in [0.2, 0.25) is 0 Å². The number of aromatic nitrogens is 4. The van der Waals surface area contributed by atoms with Gasteiger partial charge >= 0.3 is 0 Å². The second kappa shape index (κ2) is 13.5. The minimum absolute atomic E-state index is 0.293. The van der Waals surface area contributed by atoms with E-state index in [-0.39, 0.29) is 5.82 Å². The topological polar surface area (TPSA) is 105 Å². The number of allylic oxidation sites excluding steroid dienone is 2. The first-order valence-electron chi connectivity index (χ1n) is 13.4. The molecular formula is C33H38FN7. The average molecular weight is 552 g/mol. The van der Waals surface area contributed by atoms with Crippen molar-refractivity contribution in [3.05, 3.63) is 126 Å². The number of imidazole rings is 1. The molecule has 41 heavy (non-hydrogen) atoms. The summed E-state index contributed by atoms with van der Waals surface area (Å²) >= 11 is 0. The lowest BCUT2D eigenvalue weighted by atomic mass is 9.82. The molecule has 1 unspecified atom stereocenters. The SMILES string of the molecule is C=C/C=C(/c1cc(F)cc(CNC)c1)c1nc(C2(C)Nc3cnc(-c4cncc(N)c4)cc32)[nH]c1C.C=C=C.CC. The zero-order chi connectivity index (χ0) is 30.2. The van der Waals surface area contributed by atoms with Gasteiger partial charge in [0.05, 0.1) is 29.0 Å². The molecule has 1 aromatic carbocycles. The number of H-pyrrole nitrogens is 1. The van der Waals surface area contributed by atoms with Crippen LogP contribution in [0, 0.1) is 12.7 Å². The molecule has 0 saturated heterocycles. The molecule has 0 saturated carbocycles. The highest BCUT2D eigenvalue weighted by atomic mass is 19.1. The summed E-state index contributed by atoms with van der Waals surface area (Å²) in [5.41, 5.74) is 15.9. The molecule has 0 fully saturated rings. The van der Waals surface area contributed by atoms with Crippen molar-refractivity contribution in [3.63, 3.8) is 0 Å². The van der Waals surface area contributed by atoms with Gasteiger partial charge in [0.1, 0.15) is 17.2 Å². The molecule has 5 rings (SSSR count). The number of anilines is 2. The van der Waals surface area contributed by atoms with Gasteiger partial charge in [0.25, 0.3) is 0 Å². The van der Waals surface area contributed by atoms with E-state index in [1.165, 1.54) is 12.1 Å². The van der Waals surface area contributed by atoms with E-state index in [0.717, 1.165) is 56.4 Å². The van der Waals surface area contributed by atoms with Gasteiger partial charge in [0.15, 0.2) is 0 Å². The molecule has 0 spiro atoms. The van der Waals surface area contributed by atoms with E-state index < -0.39 is 5.54 Å². The Morgan fingerprint density at radius 3 is 2.54 bits per heavy atom. The number of fused-ring (bicyclic) bond motifs is 1. The molecule has 0 amide bonds. The fraction of sp³-hybridized carbons (Fsp3) is 0.212. The molecule has 0 radical (unpaired) electrons. The molecule has 0 aliphatic carbocycles. The Hall–Kier alpha value is -4.78. The number of rotatable bonds is 7. The largest absolute Gasteiger partial charge is 0.397 e. The molecule has 1 aliphatic heterocycles. The van der Waals surface area contributed by atoms with Gasteiger partial charge in [-0.05, 0) is 62.4 Å². The van der Waals surface area contributed by atoms with Crippen molar-refractivity contribution in [1.82, 2.24) is 25.3 Å². The Kier molecular flexibility index (Phi) is 10.1. The van der Waals surface area contributed by atoms with Crippen molar-refractivity contribution in [1.29, 1.82) is 0 Å². The Balaban J connectivity index is 0.000000868. The number of benzene rings is 1. The summed E-state index contributed by atoms with van der Waals surface area (Å²) in [6, 6.07) is 8.92. The van der Waals surface area contributed by atoms with E-state index in [9.17, 15) is 4.39 Å². The number of aromatic amines is 1. The summed E-state index contributed by atoms with van der Waals surface area (Å²) in [7, 11) is 1.84. The Labute approximate surface area is 241 Å². The first-order chi connectivity index (χ1) is 19.7. The van der Waals surface area contributed by atoms with Crippen LogP contribution in [0.3, 0.4) is 0 Å². The fourth-order valence-electron chi connectivity index (χ4n) is 4.69. The van der Waals surface area contributed by atoms with E-state index in [1.807, 2.05) is 58.3 Å². The summed E-state index contributed by atoms with van der Waals surface area (Å²) in [6.45, 7) is 18.7. The van der Waals surface area contributed by atoms with Crippen molar-refractivity contribution in [2.75, 3.05) is 18.1 Å². The highest BCUT2D eigenvalue weighted by Gasteiger charge is 2.43. The average Bonchev–Trinajstić information content (AvgIpc) is 3.34. The maximum Gasteiger partial charge on any atom is 0.137 e. The fourth-order valence-corrected chi connectivity index (χ4v) is 4.69. The zero-order valence-electron chi connectivity index (χ0n) is 24.4. The molecular weight excluding hydrogens is 513 g/mol. The number of halogens is 1. The van der Waals surface area contributed by atoms with Crippen LogP contribution >= 0.6 is 0 Å². The number of nitrogens with two attached hydrogens (primary N) is 1. The van der Waals surface area contributed by atoms with Crippen LogP contribution in [0.15, 0.2) is 86.5 Å². The van der Waals surface area contributed by atoms with Crippen molar-refractivity contribution < 1.29 is 4.39 Å². The monoisotopic (exact) mass is 551 g/mol. The van der Waals surface area contributed by atoms with E-state index in [0.29, 0.717) is 12.2 Å². The van der Waals surface area contributed by atoms with Gasteiger partial charge < -0.3 is 21.4 Å². The highest BCUT2D eigenvalue weighted by Crippen LogP contribution is 2.46. The lowest BCUT2D eigenvalue weighted by Gasteiger charge is -2.41. The molecule has 4 heterocycles. The molecule has 1 atom stereocenters. The molecule has 4 aromatic rings. The number of nitrogens with zero attached hydrogens (tertiary/aromatic N) is 3. The van der Waals surface area contributed by atoms with Gasteiger partial charge in [0, 0.05) is 41.3 Å². The number of hydrogen-bond donors (Lipinski definition) is 4. The first-order valence-corrected chi connectivity index (χ1v) is 13.4. The Bertz CT molecular complexity index is 1600. The minimum Gasteiger partial charge on any atom is -0.397 e. The number of hydrogen-bond acceptors (Lipinski definition) is 6. The Morgan fingerprint density at radius 2 is 1.88 bits per heavy atom. The van der Waals surface area contributed by atoms with Crippen LogP contribution in [0.4, 0.5) is 15.8 Å². The summed E-state index contributed by atoms with van der Waals surface area (Å²) in [5.74, 6) is 0.464. The van der Waals surface area contributed by atoms with Crippen LogP contribution in [0.25, 0.3) is 16.8 Å². The summed E-state index contributed by atoms with van der Waals surface area (Å²) in [5, 5.41) is 6.56. The van der Waals surface area contributed by atoms with Gasteiger partial charge in [-0.2, -0.15) is 0 Å². The van der Waals surface area contributed by atoms with Gasteiger partial charge in [-0.1, -0.05) is 45.7 Å². The smallest absolute Gasteiger partial charge is 0.137 e. The second-order valence-corrected chi connectivity index (χ2v) is 9.38. The predicted molar refractivity (Wildman–Crippen MR) is 168 cm³/mol. The summed E-state index contributed by atoms with van der Waals surface area (Å²) in [4.78, 5) is 17.2. The van der Waals surface area contributed by atoms with Crippen molar-refractivity contribution in [3.8, 4) is 11.3 Å². The predicted octanol–water partition coefficient (Wildman–Crippen LogP) is 6.91. The van der Waals surface area contributed by atoms with Gasteiger partial charge in [-0.15, -0.1) is 5.73 Å². The third-order valence-electron chi connectivity index (χ3n) is 6.43. The highest BCUT2D eigenvalue weighted by molar-refractivity contribution is 5.81. The zero-order valence-corrected chi connectivity index (χ0v) is 24.4. The molecule has 1 aliphatic rings. The van der Waals surface area contributed by atoms with Crippen LogP contribution in [-0.4, -0.2) is 27.0 Å². The second-order valence-electron chi connectivity index (χ2n) is 9.38. The third kappa shape index (κ3) is 6.52. The number of nitrogen functional groups attached to an aromatic ring is 1. The van der Waals surface area contributed by atoms with Gasteiger partial charge in [-0.3, -0.25) is 9.97 Å². The molecule has 3 aromatic heterocycles. The van der Waals surface area contributed by atoms with Gasteiger partial charge in [-0.25, -0.2) is 9.37 Å². The van der Waals surface area contributed by atoms with E-state index in [1.54, 1.807) is 18.5 Å². The van der Waals surface area contributed by atoms with E-state index >= 15 is 0 Å². The van der Waals surface area contributed by atoms with Crippen molar-refractivity contribution in [2.24, 2.45) is 0 Å². The quantitative estimate of drug-likeness (QED) is 0.147. The van der Waals surface area contributed by atoms with Crippen LogP contribution in [-0.2, 0) is 12.1 Å². The van der Waals surface area contributed by atoms with Crippen molar-refractivity contribution >= 4 is 16.9 Å². The van der Waals surface area contributed by atoms with Crippen LogP contribution in [0.2, 0.25) is 0 Å². The van der Waals surface area contributed by atoms with Crippen LogP contribution in [0.5, 0.6) is 0 Å². The maximum atomic E-state index is 14.5. The molecule has 0 bridgehead atoms. The molecule has 7 nitrogen and oxygen atoms in total. The molecule has 5 N–H and O–H groups in total. The maximum absolute atomic E-state index is 14.5. The van der Waals surface area contributed by atoms with Crippen LogP contribution in [0.1, 0.15) is 54.7 Å². The molecule has 212 valence electrons. The first kappa shape index (κ1) is 30.8. The van der Waals surface area contributed by atoms with Crippen LogP contribution < -0.4 is 16.4 Å². The number of pyridine rings is 2. The number of aryl methyl sites for hydroxylation is 1. The lowest BCUT2D eigenvalue weighted by Crippen LogP contribution is -2.43. The van der Waals surface area contributed by atoms with E-state index in [4.69, 9.17) is 10.7 Å². The third-order valence-corrected chi connectivity index (χ3v) is 6.43. The number of nitrogens with one attached hydrogen (secondary N) is 3. The van der Waals surface area contributed by atoms with E-state index in [2.05, 4.69) is 58.0 Å². The minimum atomic E-state index is -0.553.